The quantitative estimate of drug-likeness (QED) is 0.554. The van der Waals surface area contributed by atoms with Crippen molar-refractivity contribution < 1.29 is 14.3 Å². The molecule has 1 heterocycles. The van der Waals surface area contributed by atoms with Crippen molar-refractivity contribution in [2.75, 3.05) is 12.4 Å². The minimum Gasteiger partial charge on any atom is -0.496 e. The second kappa shape index (κ2) is 8.66. The Kier molecular flexibility index (Phi) is 5.78. The van der Waals surface area contributed by atoms with Crippen LogP contribution in [-0.4, -0.2) is 23.8 Å². The summed E-state index contributed by atoms with van der Waals surface area (Å²) in [5.74, 6) is -0.240. The number of rotatable bonds is 6. The van der Waals surface area contributed by atoms with Crippen LogP contribution in [0.4, 0.5) is 5.69 Å². The second-order valence-electron chi connectivity index (χ2n) is 7.26. The summed E-state index contributed by atoms with van der Waals surface area (Å²) in [6, 6.07) is 21.9. The van der Waals surface area contributed by atoms with Crippen LogP contribution in [0.5, 0.6) is 5.75 Å². The molecule has 0 atom stereocenters. The number of carbonyl (C=O) groups is 2. The monoisotopic (exact) mass is 432 g/mol. The SMILES string of the molecule is COc1ccccc1C1=C(Nc2ccc(C)cc2)C(=O)N(Cc2ccc(Cl)cc2)C1=O. The van der Waals surface area contributed by atoms with Crippen molar-refractivity contribution in [1.29, 1.82) is 0 Å². The van der Waals surface area contributed by atoms with Gasteiger partial charge in [0.1, 0.15) is 11.4 Å². The van der Waals surface area contributed by atoms with Gasteiger partial charge in [-0.15, -0.1) is 0 Å². The van der Waals surface area contributed by atoms with Gasteiger partial charge in [-0.3, -0.25) is 14.5 Å². The summed E-state index contributed by atoms with van der Waals surface area (Å²) in [7, 11) is 1.54. The highest BCUT2D eigenvalue weighted by molar-refractivity contribution is 6.37. The number of ether oxygens (including phenoxy) is 1. The van der Waals surface area contributed by atoms with Crippen LogP contribution in [-0.2, 0) is 16.1 Å². The van der Waals surface area contributed by atoms with Gasteiger partial charge >= 0.3 is 0 Å². The zero-order chi connectivity index (χ0) is 22.0. The van der Waals surface area contributed by atoms with Crippen LogP contribution in [0.25, 0.3) is 5.57 Å². The van der Waals surface area contributed by atoms with E-state index in [2.05, 4.69) is 5.32 Å². The van der Waals surface area contributed by atoms with Crippen molar-refractivity contribution in [1.82, 2.24) is 4.90 Å². The maximum absolute atomic E-state index is 13.4. The summed E-state index contributed by atoms with van der Waals surface area (Å²) in [4.78, 5) is 28.0. The van der Waals surface area contributed by atoms with E-state index < -0.39 is 0 Å². The molecule has 156 valence electrons. The van der Waals surface area contributed by atoms with Crippen LogP contribution in [0.15, 0.2) is 78.5 Å². The number of benzene rings is 3. The number of imide groups is 1. The third-order valence-corrected chi connectivity index (χ3v) is 5.37. The zero-order valence-corrected chi connectivity index (χ0v) is 17.9. The Balaban J connectivity index is 1.76. The molecule has 0 saturated carbocycles. The summed E-state index contributed by atoms with van der Waals surface area (Å²) >= 11 is 5.97. The molecule has 0 bridgehead atoms. The molecule has 3 aromatic carbocycles. The van der Waals surface area contributed by atoms with E-state index in [9.17, 15) is 9.59 Å². The van der Waals surface area contributed by atoms with Gasteiger partial charge in [0.2, 0.25) is 0 Å². The molecule has 1 N–H and O–H groups in total. The number of carbonyl (C=O) groups excluding carboxylic acids is 2. The minimum absolute atomic E-state index is 0.145. The van der Waals surface area contributed by atoms with Gasteiger partial charge in [0, 0.05) is 16.3 Å². The smallest absolute Gasteiger partial charge is 0.278 e. The lowest BCUT2D eigenvalue weighted by Crippen LogP contribution is -2.32. The highest BCUT2D eigenvalue weighted by atomic mass is 35.5. The van der Waals surface area contributed by atoms with E-state index in [1.54, 1.807) is 43.5 Å². The molecule has 6 heteroatoms. The van der Waals surface area contributed by atoms with Gasteiger partial charge in [0.25, 0.3) is 11.8 Å². The molecule has 0 saturated heterocycles. The molecule has 5 nitrogen and oxygen atoms in total. The van der Waals surface area contributed by atoms with Crippen molar-refractivity contribution in [3.05, 3.63) is 100 Å². The number of nitrogens with zero attached hydrogens (tertiary/aromatic N) is 1. The number of hydrogen-bond donors (Lipinski definition) is 1. The third kappa shape index (κ3) is 4.18. The van der Waals surface area contributed by atoms with Crippen molar-refractivity contribution in [2.45, 2.75) is 13.5 Å². The first-order valence-corrected chi connectivity index (χ1v) is 10.2. The van der Waals surface area contributed by atoms with Crippen molar-refractivity contribution >= 4 is 34.7 Å². The van der Waals surface area contributed by atoms with E-state index in [0.717, 1.165) is 16.8 Å². The largest absolute Gasteiger partial charge is 0.496 e. The van der Waals surface area contributed by atoms with Gasteiger partial charge in [-0.05, 0) is 42.8 Å². The molecule has 1 aliphatic heterocycles. The van der Waals surface area contributed by atoms with Crippen molar-refractivity contribution in [2.24, 2.45) is 0 Å². The topological polar surface area (TPSA) is 58.6 Å². The first-order valence-electron chi connectivity index (χ1n) is 9.80. The molecule has 0 fully saturated rings. The maximum atomic E-state index is 13.4. The van der Waals surface area contributed by atoms with Crippen LogP contribution in [0.2, 0.25) is 5.02 Å². The molecular formula is C25H21ClN2O3. The second-order valence-corrected chi connectivity index (χ2v) is 7.70. The van der Waals surface area contributed by atoms with Gasteiger partial charge in [-0.25, -0.2) is 0 Å². The fourth-order valence-electron chi connectivity index (χ4n) is 3.49. The maximum Gasteiger partial charge on any atom is 0.278 e. The molecule has 3 aromatic rings. The Morgan fingerprint density at radius 1 is 0.903 bits per heavy atom. The highest BCUT2D eigenvalue weighted by Gasteiger charge is 2.40. The van der Waals surface area contributed by atoms with E-state index in [4.69, 9.17) is 16.3 Å². The van der Waals surface area contributed by atoms with Crippen LogP contribution >= 0.6 is 11.6 Å². The van der Waals surface area contributed by atoms with Gasteiger partial charge in [-0.1, -0.05) is 59.6 Å². The Labute approximate surface area is 185 Å². The molecule has 0 spiro atoms. The average molecular weight is 433 g/mol. The van der Waals surface area contributed by atoms with Crippen molar-refractivity contribution in [3.8, 4) is 5.75 Å². The van der Waals surface area contributed by atoms with E-state index >= 15 is 0 Å². The molecular weight excluding hydrogens is 412 g/mol. The number of nitrogens with one attached hydrogen (secondary N) is 1. The number of halogens is 1. The molecule has 4 rings (SSSR count). The average Bonchev–Trinajstić information content (AvgIpc) is 3.00. The zero-order valence-electron chi connectivity index (χ0n) is 17.2. The first kappa shape index (κ1) is 20.7. The van der Waals surface area contributed by atoms with Gasteiger partial charge in [-0.2, -0.15) is 0 Å². The van der Waals surface area contributed by atoms with Crippen LogP contribution in [0, 0.1) is 6.92 Å². The summed E-state index contributed by atoms with van der Waals surface area (Å²) in [6.07, 6.45) is 0. The molecule has 0 unspecified atom stereocenters. The third-order valence-electron chi connectivity index (χ3n) is 5.12. The van der Waals surface area contributed by atoms with E-state index in [1.807, 2.05) is 43.3 Å². The first-order chi connectivity index (χ1) is 15.0. The van der Waals surface area contributed by atoms with Crippen LogP contribution in [0.3, 0.4) is 0 Å². The molecule has 1 aliphatic rings. The fourth-order valence-corrected chi connectivity index (χ4v) is 3.62. The highest BCUT2D eigenvalue weighted by Crippen LogP contribution is 2.36. The number of amides is 2. The normalized spacial score (nSPS) is 13.7. The summed E-state index contributed by atoms with van der Waals surface area (Å²) < 4.78 is 5.46. The predicted octanol–water partition coefficient (Wildman–Crippen LogP) is 5.05. The lowest BCUT2D eigenvalue weighted by molar-refractivity contribution is -0.137. The Morgan fingerprint density at radius 2 is 1.58 bits per heavy atom. The Hall–Kier alpha value is -3.57. The summed E-state index contributed by atoms with van der Waals surface area (Å²) in [5, 5.41) is 3.76. The van der Waals surface area contributed by atoms with E-state index in [-0.39, 0.29) is 29.6 Å². The number of aryl methyl sites for hydroxylation is 1. The number of para-hydroxylation sites is 1. The lowest BCUT2D eigenvalue weighted by Gasteiger charge is -2.16. The molecule has 0 aliphatic carbocycles. The molecule has 0 radical (unpaired) electrons. The number of anilines is 1. The lowest BCUT2D eigenvalue weighted by atomic mass is 10.0. The van der Waals surface area contributed by atoms with E-state index in [1.165, 1.54) is 4.90 Å². The minimum atomic E-state index is -0.388. The van der Waals surface area contributed by atoms with Gasteiger partial charge in [0.05, 0.1) is 19.2 Å². The van der Waals surface area contributed by atoms with Crippen LogP contribution < -0.4 is 10.1 Å². The Morgan fingerprint density at radius 3 is 2.26 bits per heavy atom. The standard InChI is InChI=1S/C25H21ClN2O3/c1-16-7-13-19(14-8-16)27-23-22(20-5-3-4-6-21(20)31-2)24(29)28(25(23)30)15-17-9-11-18(26)12-10-17/h3-14,27H,15H2,1-2H3. The fraction of sp³-hybridized carbons (Fsp3) is 0.120. The van der Waals surface area contributed by atoms with Crippen molar-refractivity contribution in [3.63, 3.8) is 0 Å². The number of hydrogen-bond acceptors (Lipinski definition) is 4. The van der Waals surface area contributed by atoms with Gasteiger partial charge in [0.15, 0.2) is 0 Å². The molecule has 2 amide bonds. The van der Waals surface area contributed by atoms with E-state index in [0.29, 0.717) is 16.3 Å². The molecule has 0 aromatic heterocycles. The Bertz CT molecular complexity index is 1170. The number of methoxy groups -OCH3 is 1. The summed E-state index contributed by atoms with van der Waals surface area (Å²) in [5.41, 5.74) is 3.72. The predicted molar refractivity (Wildman–Crippen MR) is 122 cm³/mol. The molecule has 31 heavy (non-hydrogen) atoms. The van der Waals surface area contributed by atoms with Crippen LogP contribution in [0.1, 0.15) is 16.7 Å². The van der Waals surface area contributed by atoms with Gasteiger partial charge < -0.3 is 10.1 Å². The summed E-state index contributed by atoms with van der Waals surface area (Å²) in [6.45, 7) is 2.13.